The van der Waals surface area contributed by atoms with Crippen LogP contribution in [0.4, 0.5) is 0 Å². The maximum absolute atomic E-state index is 12.6. The fourth-order valence-electron chi connectivity index (χ4n) is 1.80. The van der Waals surface area contributed by atoms with Crippen LogP contribution in [0.3, 0.4) is 0 Å². The van der Waals surface area contributed by atoms with Crippen molar-refractivity contribution in [3.63, 3.8) is 0 Å². The molecule has 0 saturated carbocycles. The summed E-state index contributed by atoms with van der Waals surface area (Å²) in [4.78, 5) is 0.308. The number of halogens is 1. The topological polar surface area (TPSA) is 63.4 Å². The SMILES string of the molecule is CCCCN(CC)S(=O)(=O)c1ccc(CN)cc1Br. The van der Waals surface area contributed by atoms with Crippen molar-refractivity contribution in [2.45, 2.75) is 38.1 Å². The van der Waals surface area contributed by atoms with Crippen molar-refractivity contribution >= 4 is 26.0 Å². The molecule has 0 aromatic heterocycles. The molecule has 0 heterocycles. The quantitative estimate of drug-likeness (QED) is 0.823. The molecule has 0 spiro atoms. The third-order valence-electron chi connectivity index (χ3n) is 2.96. The van der Waals surface area contributed by atoms with Gasteiger partial charge in [-0.3, -0.25) is 0 Å². The van der Waals surface area contributed by atoms with Crippen LogP contribution < -0.4 is 5.73 Å². The van der Waals surface area contributed by atoms with Crippen LogP contribution in [0, 0.1) is 0 Å². The number of sulfonamides is 1. The molecule has 0 fully saturated rings. The van der Waals surface area contributed by atoms with Gasteiger partial charge in [0.2, 0.25) is 10.0 Å². The standard InChI is InChI=1S/C13H21BrN2O2S/c1-3-5-8-16(4-2)19(17,18)13-7-6-11(10-15)9-12(13)14/h6-7,9H,3-5,8,10,15H2,1-2H3. The minimum atomic E-state index is -3.43. The Labute approximate surface area is 124 Å². The van der Waals surface area contributed by atoms with Crippen LogP contribution in [0.2, 0.25) is 0 Å². The molecule has 0 aliphatic carbocycles. The van der Waals surface area contributed by atoms with Crippen molar-refractivity contribution in [2.75, 3.05) is 13.1 Å². The zero-order valence-electron chi connectivity index (χ0n) is 11.4. The van der Waals surface area contributed by atoms with E-state index in [0.717, 1.165) is 18.4 Å². The van der Waals surface area contributed by atoms with Crippen molar-refractivity contribution in [1.82, 2.24) is 4.31 Å². The number of nitrogens with two attached hydrogens (primary N) is 1. The molecule has 1 rings (SSSR count). The Morgan fingerprint density at radius 3 is 2.47 bits per heavy atom. The van der Waals surface area contributed by atoms with Gasteiger partial charge in [-0.25, -0.2) is 8.42 Å². The number of benzene rings is 1. The lowest BCUT2D eigenvalue weighted by Gasteiger charge is -2.21. The second-order valence-electron chi connectivity index (χ2n) is 4.32. The van der Waals surface area contributed by atoms with Gasteiger partial charge in [-0.05, 0) is 40.0 Å². The second-order valence-corrected chi connectivity index (χ2v) is 7.08. The highest BCUT2D eigenvalue weighted by molar-refractivity contribution is 9.10. The Balaban J connectivity index is 3.11. The molecule has 19 heavy (non-hydrogen) atoms. The molecule has 0 saturated heterocycles. The summed E-state index contributed by atoms with van der Waals surface area (Å²) < 4.78 is 27.2. The molecule has 0 aliphatic heterocycles. The highest BCUT2D eigenvalue weighted by Gasteiger charge is 2.24. The third kappa shape index (κ3) is 4.02. The molecule has 0 aliphatic rings. The first kappa shape index (κ1) is 16.6. The summed E-state index contributed by atoms with van der Waals surface area (Å²) >= 11 is 3.33. The Morgan fingerprint density at radius 1 is 1.32 bits per heavy atom. The van der Waals surface area contributed by atoms with Crippen LogP contribution in [0.5, 0.6) is 0 Å². The van der Waals surface area contributed by atoms with E-state index in [9.17, 15) is 8.42 Å². The fourth-order valence-corrected chi connectivity index (χ4v) is 4.38. The second kappa shape index (κ2) is 7.38. The van der Waals surface area contributed by atoms with Gasteiger partial charge in [-0.2, -0.15) is 4.31 Å². The van der Waals surface area contributed by atoms with Gasteiger partial charge in [0.05, 0.1) is 4.90 Å². The molecule has 0 unspecified atom stereocenters. The van der Waals surface area contributed by atoms with E-state index in [4.69, 9.17) is 5.73 Å². The Morgan fingerprint density at radius 2 is 2.00 bits per heavy atom. The molecule has 0 amide bonds. The van der Waals surface area contributed by atoms with Gasteiger partial charge in [0, 0.05) is 24.1 Å². The van der Waals surface area contributed by atoms with E-state index in [0.29, 0.717) is 29.0 Å². The third-order valence-corrected chi connectivity index (χ3v) is 5.91. The van der Waals surface area contributed by atoms with E-state index in [2.05, 4.69) is 15.9 Å². The molecule has 4 nitrogen and oxygen atoms in total. The summed E-state index contributed by atoms with van der Waals surface area (Å²) in [5, 5.41) is 0. The van der Waals surface area contributed by atoms with Crippen LogP contribution in [-0.4, -0.2) is 25.8 Å². The van der Waals surface area contributed by atoms with E-state index in [1.165, 1.54) is 4.31 Å². The summed E-state index contributed by atoms with van der Waals surface area (Å²) in [6, 6.07) is 5.14. The summed E-state index contributed by atoms with van der Waals surface area (Å²) in [7, 11) is -3.43. The number of hydrogen-bond acceptors (Lipinski definition) is 3. The van der Waals surface area contributed by atoms with Crippen LogP contribution in [0.15, 0.2) is 27.6 Å². The van der Waals surface area contributed by atoms with Gasteiger partial charge in [0.15, 0.2) is 0 Å². The van der Waals surface area contributed by atoms with Crippen molar-refractivity contribution in [1.29, 1.82) is 0 Å². The maximum atomic E-state index is 12.6. The molecular weight excluding hydrogens is 328 g/mol. The van der Waals surface area contributed by atoms with Crippen molar-refractivity contribution in [2.24, 2.45) is 5.73 Å². The normalized spacial score (nSPS) is 12.1. The van der Waals surface area contributed by atoms with Gasteiger partial charge in [0.25, 0.3) is 0 Å². The number of rotatable bonds is 7. The predicted molar refractivity (Wildman–Crippen MR) is 81.4 cm³/mol. The van der Waals surface area contributed by atoms with Crippen LogP contribution in [0.25, 0.3) is 0 Å². The Bertz CT molecular complexity index is 517. The molecule has 1 aromatic rings. The summed E-state index contributed by atoms with van der Waals surface area (Å²) in [5.41, 5.74) is 6.45. The van der Waals surface area contributed by atoms with Crippen molar-refractivity contribution in [3.8, 4) is 0 Å². The monoisotopic (exact) mass is 348 g/mol. The lowest BCUT2D eigenvalue weighted by atomic mass is 10.2. The minimum absolute atomic E-state index is 0.308. The van der Waals surface area contributed by atoms with E-state index in [1.807, 2.05) is 13.8 Å². The van der Waals surface area contributed by atoms with Gasteiger partial charge in [-0.15, -0.1) is 0 Å². The first-order valence-electron chi connectivity index (χ1n) is 6.46. The first-order valence-corrected chi connectivity index (χ1v) is 8.69. The maximum Gasteiger partial charge on any atom is 0.244 e. The molecule has 0 bridgehead atoms. The average molecular weight is 349 g/mol. The van der Waals surface area contributed by atoms with E-state index < -0.39 is 10.0 Å². The van der Waals surface area contributed by atoms with Gasteiger partial charge < -0.3 is 5.73 Å². The highest BCUT2D eigenvalue weighted by Crippen LogP contribution is 2.26. The lowest BCUT2D eigenvalue weighted by molar-refractivity contribution is 0.418. The zero-order chi connectivity index (χ0) is 14.5. The molecule has 6 heteroatoms. The number of unbranched alkanes of at least 4 members (excludes halogenated alkanes) is 1. The Kier molecular flexibility index (Phi) is 6.46. The molecule has 2 N–H and O–H groups in total. The smallest absolute Gasteiger partial charge is 0.244 e. The van der Waals surface area contributed by atoms with E-state index in [-0.39, 0.29) is 0 Å². The van der Waals surface area contributed by atoms with Crippen molar-refractivity contribution in [3.05, 3.63) is 28.2 Å². The Hall–Kier alpha value is -0.430. The minimum Gasteiger partial charge on any atom is -0.326 e. The molecular formula is C13H21BrN2O2S. The van der Waals surface area contributed by atoms with Crippen molar-refractivity contribution < 1.29 is 8.42 Å². The summed E-state index contributed by atoms with van der Waals surface area (Å²) in [6.45, 7) is 5.34. The zero-order valence-corrected chi connectivity index (χ0v) is 13.8. The summed E-state index contributed by atoms with van der Waals surface area (Å²) in [5.74, 6) is 0. The van der Waals surface area contributed by atoms with E-state index in [1.54, 1.807) is 18.2 Å². The molecule has 108 valence electrons. The molecule has 1 aromatic carbocycles. The van der Waals surface area contributed by atoms with Gasteiger partial charge >= 0.3 is 0 Å². The number of hydrogen-bond donors (Lipinski definition) is 1. The fraction of sp³-hybridized carbons (Fsp3) is 0.538. The predicted octanol–water partition coefficient (Wildman–Crippen LogP) is 2.72. The van der Waals surface area contributed by atoms with Gasteiger partial charge in [0.1, 0.15) is 0 Å². The molecule has 0 radical (unpaired) electrons. The molecule has 0 atom stereocenters. The van der Waals surface area contributed by atoms with Crippen LogP contribution >= 0.6 is 15.9 Å². The first-order chi connectivity index (χ1) is 8.97. The largest absolute Gasteiger partial charge is 0.326 e. The highest BCUT2D eigenvalue weighted by atomic mass is 79.9. The van der Waals surface area contributed by atoms with E-state index >= 15 is 0 Å². The van der Waals surface area contributed by atoms with Gasteiger partial charge in [-0.1, -0.05) is 26.3 Å². The van der Waals surface area contributed by atoms with Crippen LogP contribution in [-0.2, 0) is 16.6 Å². The summed E-state index contributed by atoms with van der Waals surface area (Å²) in [6.07, 6.45) is 1.84. The van der Waals surface area contributed by atoms with Crippen LogP contribution in [0.1, 0.15) is 32.3 Å². The number of nitrogens with zero attached hydrogens (tertiary/aromatic N) is 1. The lowest BCUT2D eigenvalue weighted by Crippen LogP contribution is -2.32. The average Bonchev–Trinajstić information content (AvgIpc) is 2.38.